The first-order valence-electron chi connectivity index (χ1n) is 13.8. The first-order chi connectivity index (χ1) is 21.0. The van der Waals surface area contributed by atoms with Gasteiger partial charge in [0.2, 0.25) is 0 Å². The molecule has 0 aliphatic carbocycles. The zero-order valence-electron chi connectivity index (χ0n) is 26.2. The Balaban J connectivity index is 0.00000346. The third-order valence-corrected chi connectivity index (χ3v) is 8.15. The molecular formula is C33H43N3O10S. The lowest BCUT2D eigenvalue weighted by molar-refractivity contribution is 0.0339. The summed E-state index contributed by atoms with van der Waals surface area (Å²) in [5.74, 6) is 1.36. The van der Waals surface area contributed by atoms with Gasteiger partial charge in [-0.25, -0.2) is 4.79 Å². The Morgan fingerprint density at radius 1 is 0.979 bits per heavy atom. The number of fused-ring (bicyclic) bond motifs is 1. The molecule has 0 unspecified atom stereocenters. The summed E-state index contributed by atoms with van der Waals surface area (Å²) < 4.78 is 17.7. The number of morpholine rings is 1. The average molecular weight is 674 g/mol. The zero-order chi connectivity index (χ0) is 30.8. The number of ether oxygens (including phenoxy) is 3. The molecule has 0 saturated carbocycles. The molecule has 1 fully saturated rings. The third kappa shape index (κ3) is 10.4. The molecule has 0 bridgehead atoms. The lowest BCUT2D eigenvalue weighted by atomic mass is 9.96. The maximum absolute atomic E-state index is 14.1. The van der Waals surface area contributed by atoms with Crippen LogP contribution in [0.5, 0.6) is 17.2 Å². The number of carbonyl (C=O) groups is 2. The summed E-state index contributed by atoms with van der Waals surface area (Å²) in [6.45, 7) is 4.56. The summed E-state index contributed by atoms with van der Waals surface area (Å²) in [5, 5.41) is 16.1. The van der Waals surface area contributed by atoms with Gasteiger partial charge in [-0.3, -0.25) is 9.69 Å². The van der Waals surface area contributed by atoms with Crippen LogP contribution in [0.15, 0.2) is 60.7 Å². The number of ketones is 1. The second-order valence-electron chi connectivity index (χ2n) is 9.61. The van der Waals surface area contributed by atoms with Crippen LogP contribution in [-0.2, 0) is 11.3 Å². The molecule has 0 spiro atoms. The predicted octanol–water partition coefficient (Wildman–Crippen LogP) is 1.60. The number of nitrogens with zero attached hydrogens (tertiary/aromatic N) is 1. The summed E-state index contributed by atoms with van der Waals surface area (Å²) in [6, 6.07) is 18.0. The van der Waals surface area contributed by atoms with Gasteiger partial charge in [-0.05, 0) is 54.1 Å². The number of phenolic OH excluding ortho intramolecular Hbond substituents is 1. The van der Waals surface area contributed by atoms with Gasteiger partial charge in [-0.2, -0.15) is 0 Å². The number of nitrogens with one attached hydrogen (secondary N) is 2. The second-order valence-corrected chi connectivity index (χ2v) is 10.7. The number of carbonyl (C=O) groups excluding carboxylic acids is 2. The topological polar surface area (TPSA) is 235 Å². The van der Waals surface area contributed by atoms with Gasteiger partial charge < -0.3 is 51.9 Å². The smallest absolute Gasteiger partial charge is 0.314 e. The zero-order valence-corrected chi connectivity index (χ0v) is 27.0. The third-order valence-electron chi connectivity index (χ3n) is 6.95. The maximum Gasteiger partial charge on any atom is 0.314 e. The minimum atomic E-state index is -0.263. The van der Waals surface area contributed by atoms with Gasteiger partial charge >= 0.3 is 6.03 Å². The van der Waals surface area contributed by atoms with E-state index in [0.717, 1.165) is 45.7 Å². The molecule has 5 rings (SSSR count). The van der Waals surface area contributed by atoms with Crippen LogP contribution in [0.3, 0.4) is 0 Å². The van der Waals surface area contributed by atoms with E-state index in [1.54, 1.807) is 32.4 Å². The average Bonchev–Trinajstić information content (AvgIpc) is 3.43. The number of aromatic hydroxyl groups is 1. The van der Waals surface area contributed by atoms with Crippen LogP contribution in [0.4, 0.5) is 4.79 Å². The molecule has 1 aromatic heterocycles. The van der Waals surface area contributed by atoms with Crippen molar-refractivity contribution in [3.05, 3.63) is 77.4 Å². The minimum Gasteiger partial charge on any atom is -0.508 e. The molecule has 2 amide bonds. The van der Waals surface area contributed by atoms with E-state index in [1.165, 1.54) is 11.3 Å². The van der Waals surface area contributed by atoms with Gasteiger partial charge in [0.05, 0.1) is 26.9 Å². The molecule has 256 valence electrons. The van der Waals surface area contributed by atoms with E-state index in [-0.39, 0.29) is 39.5 Å². The highest BCUT2D eigenvalue weighted by molar-refractivity contribution is 7.22. The van der Waals surface area contributed by atoms with E-state index in [1.807, 2.05) is 42.5 Å². The van der Waals surface area contributed by atoms with Gasteiger partial charge in [-0.15, -0.1) is 24.2 Å². The Bertz CT molecular complexity index is 1590. The number of terminal acetylenes is 1. The largest absolute Gasteiger partial charge is 0.508 e. The van der Waals surface area contributed by atoms with Crippen molar-refractivity contribution in [2.24, 2.45) is 0 Å². The number of phenols is 1. The van der Waals surface area contributed by atoms with E-state index in [2.05, 4.69) is 28.4 Å². The quantitative estimate of drug-likeness (QED) is 0.128. The number of methoxy groups -OCH3 is 1. The summed E-state index contributed by atoms with van der Waals surface area (Å²) in [4.78, 5) is 28.5. The van der Waals surface area contributed by atoms with Gasteiger partial charge in [0.15, 0.2) is 5.78 Å². The molecule has 47 heavy (non-hydrogen) atoms. The van der Waals surface area contributed by atoms with E-state index in [4.69, 9.17) is 14.2 Å². The van der Waals surface area contributed by atoms with Crippen molar-refractivity contribution >= 4 is 33.2 Å². The Labute approximate surface area is 277 Å². The lowest BCUT2D eigenvalue weighted by Gasteiger charge is -2.27. The second kappa shape index (κ2) is 20.4. The Morgan fingerprint density at radius 3 is 2.30 bits per heavy atom. The van der Waals surface area contributed by atoms with Crippen LogP contribution in [-0.4, -0.2) is 97.3 Å². The molecule has 1 saturated heterocycles. The van der Waals surface area contributed by atoms with Crippen LogP contribution in [0.1, 0.15) is 21.5 Å². The van der Waals surface area contributed by atoms with Gasteiger partial charge in [0.1, 0.15) is 23.9 Å². The normalized spacial score (nSPS) is 11.9. The predicted molar refractivity (Wildman–Crippen MR) is 184 cm³/mol. The number of hydrogen-bond acceptors (Lipinski definition) is 8. The number of urea groups is 1. The van der Waals surface area contributed by atoms with Crippen LogP contribution in [0, 0.1) is 12.8 Å². The van der Waals surface area contributed by atoms with E-state index < -0.39 is 0 Å². The van der Waals surface area contributed by atoms with Crippen molar-refractivity contribution in [1.82, 2.24) is 15.5 Å². The molecule has 14 heteroatoms. The monoisotopic (exact) mass is 673 g/mol. The summed E-state index contributed by atoms with van der Waals surface area (Å²) >= 11 is 1.46. The molecule has 2 heterocycles. The number of rotatable bonds is 10. The molecule has 3 aromatic carbocycles. The SMILES string of the molecule is C#C.CNC(=O)NCCOc1ccc(-c2sc3cc(O)ccc3c2C(=O)c2ccc(CN3CCOCC3)c(OC)c2)cc1.O.O.O.O. The highest BCUT2D eigenvalue weighted by Crippen LogP contribution is 2.42. The fourth-order valence-electron chi connectivity index (χ4n) is 4.80. The fourth-order valence-corrected chi connectivity index (χ4v) is 6.04. The van der Waals surface area contributed by atoms with Crippen molar-refractivity contribution in [2.75, 3.05) is 53.6 Å². The molecule has 0 radical (unpaired) electrons. The summed E-state index contributed by atoms with van der Waals surface area (Å²) in [6.07, 6.45) is 8.00. The van der Waals surface area contributed by atoms with E-state index in [9.17, 15) is 14.7 Å². The maximum atomic E-state index is 14.1. The van der Waals surface area contributed by atoms with Crippen molar-refractivity contribution in [2.45, 2.75) is 6.54 Å². The molecular weight excluding hydrogens is 630 g/mol. The summed E-state index contributed by atoms with van der Waals surface area (Å²) in [5.41, 5.74) is 3.00. The van der Waals surface area contributed by atoms with Crippen molar-refractivity contribution < 1.29 is 50.8 Å². The summed E-state index contributed by atoms with van der Waals surface area (Å²) in [7, 11) is 3.18. The first-order valence-corrected chi connectivity index (χ1v) is 14.6. The van der Waals surface area contributed by atoms with Crippen molar-refractivity contribution in [1.29, 1.82) is 0 Å². The van der Waals surface area contributed by atoms with E-state index >= 15 is 0 Å². The van der Waals surface area contributed by atoms with Gasteiger partial charge in [-0.1, -0.05) is 12.1 Å². The van der Waals surface area contributed by atoms with Crippen LogP contribution >= 0.6 is 11.3 Å². The van der Waals surface area contributed by atoms with E-state index in [0.29, 0.717) is 49.0 Å². The molecule has 4 aromatic rings. The number of thiophene rings is 1. The molecule has 13 nitrogen and oxygen atoms in total. The van der Waals surface area contributed by atoms with Crippen LogP contribution in [0.2, 0.25) is 0 Å². The molecule has 1 aliphatic rings. The number of amides is 2. The Morgan fingerprint density at radius 2 is 1.66 bits per heavy atom. The lowest BCUT2D eigenvalue weighted by Crippen LogP contribution is -2.35. The minimum absolute atomic E-state index is 0. The Kier molecular flexibility index (Phi) is 18.4. The fraction of sp³-hybridized carbons (Fsp3) is 0.273. The molecule has 1 aliphatic heterocycles. The molecule has 11 N–H and O–H groups in total. The number of benzene rings is 3. The highest BCUT2D eigenvalue weighted by Gasteiger charge is 2.23. The van der Waals surface area contributed by atoms with Crippen LogP contribution < -0.4 is 20.1 Å². The number of hydrogen-bond donors (Lipinski definition) is 3. The van der Waals surface area contributed by atoms with Gasteiger partial charge in [0.25, 0.3) is 0 Å². The standard InChI is InChI=1S/C31H33N3O6S.C2H2.4H2O/c1-32-31(37)33-11-14-40-24-8-5-20(6-9-24)30-28(25-10-7-23(35)18-27(25)41-30)29(36)21-3-4-22(26(17-21)38-2)19-34-12-15-39-16-13-34;1-2;;;;/h3-10,17-18,35H,11-16,19H2,1-2H3,(H2,32,33,37);1-2H;4*1H2. The first kappa shape index (κ1) is 42.3. The van der Waals surface area contributed by atoms with Gasteiger partial charge in [0, 0.05) is 58.3 Å². The highest BCUT2D eigenvalue weighted by atomic mass is 32.1. The Hall–Kier alpha value is -4.72. The van der Waals surface area contributed by atoms with Crippen molar-refractivity contribution in [3.63, 3.8) is 0 Å². The molecule has 0 atom stereocenters. The van der Waals surface area contributed by atoms with Crippen LogP contribution in [0.25, 0.3) is 20.5 Å². The van der Waals surface area contributed by atoms with Crippen molar-refractivity contribution in [3.8, 4) is 40.5 Å².